The molecular weight excluding hydrogens is 641 g/mol. The fraction of sp³-hybridized carbons (Fsp3) is 0.529. The van der Waals surface area contributed by atoms with Crippen LogP contribution in [0.3, 0.4) is 0 Å². The van der Waals surface area contributed by atoms with Crippen molar-refractivity contribution in [2.24, 2.45) is 11.7 Å². The van der Waals surface area contributed by atoms with Crippen LogP contribution in [0.25, 0.3) is 0 Å². The van der Waals surface area contributed by atoms with Crippen molar-refractivity contribution in [2.45, 2.75) is 90.1 Å². The van der Waals surface area contributed by atoms with Gasteiger partial charge in [-0.3, -0.25) is 18.9 Å². The molecule has 6 N–H and O–H groups in total. The second kappa shape index (κ2) is 16.9. The van der Waals surface area contributed by atoms with Crippen LogP contribution in [0.15, 0.2) is 30.3 Å². The van der Waals surface area contributed by atoms with Crippen molar-refractivity contribution in [3.05, 3.63) is 52.6 Å². The van der Waals surface area contributed by atoms with Gasteiger partial charge in [-0.25, -0.2) is 4.79 Å². The summed E-state index contributed by atoms with van der Waals surface area (Å²) < 4.78 is 29.5. The molecule has 4 rings (SSSR count). The Hall–Kier alpha value is -3.93. The first-order chi connectivity index (χ1) is 22.9. The van der Waals surface area contributed by atoms with Crippen molar-refractivity contribution in [1.82, 2.24) is 10.6 Å². The van der Waals surface area contributed by atoms with Gasteiger partial charge in [-0.15, -0.1) is 0 Å². The number of nitrogens with one attached hydrogen (secondary N) is 2. The molecule has 2 aromatic rings. The molecule has 0 spiro atoms. The summed E-state index contributed by atoms with van der Waals surface area (Å²) >= 11 is 0. The van der Waals surface area contributed by atoms with Gasteiger partial charge in [0.15, 0.2) is 6.61 Å². The van der Waals surface area contributed by atoms with Crippen LogP contribution in [-0.2, 0) is 29.9 Å². The number of rotatable bonds is 15. The van der Waals surface area contributed by atoms with Crippen molar-refractivity contribution >= 4 is 36.6 Å². The molecule has 0 aromatic heterocycles. The van der Waals surface area contributed by atoms with E-state index in [1.165, 1.54) is 51.3 Å². The quantitative estimate of drug-likeness (QED) is 0.133. The predicted octanol–water partition coefficient (Wildman–Crippen LogP) is 4.21. The zero-order valence-electron chi connectivity index (χ0n) is 27.5. The first kappa shape index (κ1) is 36.9. The highest BCUT2D eigenvalue weighted by molar-refractivity contribution is 7.61. The summed E-state index contributed by atoms with van der Waals surface area (Å²) in [6.07, 6.45) is 8.62. The molecule has 3 amide bonds. The third-order valence-electron chi connectivity index (χ3n) is 8.72. The summed E-state index contributed by atoms with van der Waals surface area (Å²) in [6.45, 7) is 2.47. The van der Waals surface area contributed by atoms with Crippen molar-refractivity contribution < 1.29 is 47.7 Å². The molecular formula is C34H46N3O10P. The summed E-state index contributed by atoms with van der Waals surface area (Å²) in [6, 6.07) is 6.32. The van der Waals surface area contributed by atoms with Crippen LogP contribution < -0.4 is 31.1 Å². The fourth-order valence-corrected chi connectivity index (χ4v) is 7.66. The van der Waals surface area contributed by atoms with E-state index in [1.54, 1.807) is 6.07 Å². The van der Waals surface area contributed by atoms with Crippen LogP contribution >= 0.6 is 7.60 Å². The lowest BCUT2D eigenvalue weighted by Crippen LogP contribution is -2.35. The molecule has 1 fully saturated rings. The second-order valence-corrected chi connectivity index (χ2v) is 14.2. The van der Waals surface area contributed by atoms with E-state index in [0.717, 1.165) is 43.2 Å². The van der Waals surface area contributed by atoms with Crippen LogP contribution in [0.5, 0.6) is 11.5 Å². The normalized spacial score (nSPS) is 18.4. The van der Waals surface area contributed by atoms with Gasteiger partial charge in [0.25, 0.3) is 5.91 Å². The minimum absolute atomic E-state index is 0.109. The summed E-state index contributed by atoms with van der Waals surface area (Å²) in [7, 11) is -4.46. The maximum absolute atomic E-state index is 13.6. The zero-order valence-corrected chi connectivity index (χ0v) is 28.4. The first-order valence-corrected chi connectivity index (χ1v) is 18.1. The van der Waals surface area contributed by atoms with Crippen molar-refractivity contribution in [3.8, 4) is 11.5 Å². The molecule has 1 unspecified atom stereocenters. The Morgan fingerprint density at radius 2 is 1.73 bits per heavy atom. The number of carbonyl (C=O) groups is 4. The molecule has 2 aliphatic rings. The second-order valence-electron chi connectivity index (χ2n) is 12.4. The number of carboxylic acids is 1. The highest BCUT2D eigenvalue weighted by atomic mass is 31.2. The number of aliphatic carboxylic acids is 1. The van der Waals surface area contributed by atoms with Gasteiger partial charge in [-0.1, -0.05) is 31.7 Å². The van der Waals surface area contributed by atoms with Gasteiger partial charge in [-0.05, 0) is 85.9 Å². The lowest BCUT2D eigenvalue weighted by atomic mass is 9.90. The minimum Gasteiger partial charge on any atom is -0.492 e. The number of ether oxygens (including phenoxy) is 2. The summed E-state index contributed by atoms with van der Waals surface area (Å²) in [4.78, 5) is 60.0. The van der Waals surface area contributed by atoms with E-state index in [0.29, 0.717) is 30.3 Å². The molecule has 0 bridgehead atoms. The average molecular weight is 688 g/mol. The Bertz CT molecular complexity index is 1540. The largest absolute Gasteiger partial charge is 0.492 e. The highest BCUT2D eigenvalue weighted by Gasteiger charge is 2.31. The van der Waals surface area contributed by atoms with Gasteiger partial charge >= 0.3 is 13.6 Å². The van der Waals surface area contributed by atoms with Crippen LogP contribution in [0.1, 0.15) is 111 Å². The summed E-state index contributed by atoms with van der Waals surface area (Å²) in [5, 5.41) is 14.5. The third kappa shape index (κ3) is 10.0. The van der Waals surface area contributed by atoms with Gasteiger partial charge in [0.2, 0.25) is 11.8 Å². The third-order valence-corrected chi connectivity index (χ3v) is 10.3. The molecule has 0 radical (unpaired) electrons. The number of hydrogen-bond donors (Lipinski definition) is 5. The predicted molar refractivity (Wildman–Crippen MR) is 177 cm³/mol. The maximum Gasteiger partial charge on any atom is 0.362 e. The van der Waals surface area contributed by atoms with Gasteiger partial charge in [0, 0.05) is 6.92 Å². The minimum atomic E-state index is -4.46. The van der Waals surface area contributed by atoms with Crippen LogP contribution in [0.4, 0.5) is 0 Å². The molecule has 1 saturated carbocycles. The Balaban J connectivity index is 1.58. The van der Waals surface area contributed by atoms with E-state index in [-0.39, 0.29) is 29.6 Å². The topological polar surface area (TPSA) is 204 Å². The van der Waals surface area contributed by atoms with E-state index in [1.807, 2.05) is 6.07 Å². The van der Waals surface area contributed by atoms with Crippen molar-refractivity contribution in [1.29, 1.82) is 0 Å². The van der Waals surface area contributed by atoms with Gasteiger partial charge in [-0.2, -0.15) is 0 Å². The molecule has 2 aliphatic carbocycles. The number of carboxylic acid groups (broad SMARTS) is 1. The number of nitrogens with two attached hydrogens (primary N) is 1. The highest BCUT2D eigenvalue weighted by Crippen LogP contribution is 2.44. The van der Waals surface area contributed by atoms with E-state index in [2.05, 4.69) is 10.6 Å². The van der Waals surface area contributed by atoms with Crippen molar-refractivity contribution in [2.75, 3.05) is 19.8 Å². The average Bonchev–Trinajstić information content (AvgIpc) is 3.23. The zero-order chi connectivity index (χ0) is 34.8. The van der Waals surface area contributed by atoms with Crippen molar-refractivity contribution in [3.63, 3.8) is 0 Å². The lowest BCUT2D eigenvalue weighted by Gasteiger charge is -2.25. The number of fused-ring (bicyclic) bond motifs is 1. The number of benzene rings is 2. The summed E-state index contributed by atoms with van der Waals surface area (Å²) in [5.41, 5.74) is 8.13. The Kier molecular flexibility index (Phi) is 13.0. The summed E-state index contributed by atoms with van der Waals surface area (Å²) in [5.74, 6) is -2.02. The molecule has 0 heterocycles. The van der Waals surface area contributed by atoms with Crippen LogP contribution in [-0.4, -0.2) is 53.5 Å². The lowest BCUT2D eigenvalue weighted by molar-refractivity contribution is -0.139. The molecule has 262 valence electrons. The number of primary amides is 1. The fourth-order valence-electron chi connectivity index (χ4n) is 6.44. The molecule has 0 aliphatic heterocycles. The molecule has 13 nitrogen and oxygen atoms in total. The SMILES string of the molecule is CCOP(=O)(O)c1cc([C@H](CC(=O)N[C@H]2CCCCc3cc(OCC4CCCCC4)c(C(N)=O)cc32)NC(C)=O)ccc1OCC(=O)O. The molecule has 14 heteroatoms. The van der Waals surface area contributed by atoms with Gasteiger partial charge in [0.1, 0.15) is 16.8 Å². The number of aryl methyl sites for hydroxylation is 1. The van der Waals surface area contributed by atoms with E-state index in [9.17, 15) is 28.6 Å². The molecule has 48 heavy (non-hydrogen) atoms. The van der Waals surface area contributed by atoms with Gasteiger partial charge < -0.3 is 40.4 Å². The molecule has 0 saturated heterocycles. The molecule has 3 atom stereocenters. The molecule has 2 aromatic carbocycles. The number of hydrogen-bond acceptors (Lipinski definition) is 8. The van der Waals surface area contributed by atoms with Gasteiger partial charge in [0.05, 0.1) is 37.3 Å². The standard InChI is InChI=1S/C34H46N3O10P/c1-3-47-48(43,44)31-16-24(13-14-29(31)46-20-33(40)41)28(36-21(2)38)18-32(39)37-27-12-8-7-11-23-15-30(26(34(35)42)17-25(23)27)45-19-22-9-5-4-6-10-22/h13-17,22,27-28H,3-12,18-20H2,1-2H3,(H2,35,42)(H,36,38)(H,37,39)(H,40,41)(H,43,44)/t27-,28-/m0/s1. The smallest absolute Gasteiger partial charge is 0.362 e. The number of carbonyl (C=O) groups excluding carboxylic acids is 3. The van der Waals surface area contributed by atoms with Crippen LogP contribution in [0, 0.1) is 5.92 Å². The van der Waals surface area contributed by atoms with E-state index in [4.69, 9.17) is 24.8 Å². The Labute approximate surface area is 280 Å². The maximum atomic E-state index is 13.6. The van der Waals surface area contributed by atoms with Crippen LogP contribution in [0.2, 0.25) is 0 Å². The Morgan fingerprint density at radius 3 is 2.40 bits per heavy atom. The number of amides is 3. The monoisotopic (exact) mass is 687 g/mol. The Morgan fingerprint density at radius 1 is 1.00 bits per heavy atom. The van der Waals surface area contributed by atoms with E-state index < -0.39 is 50.0 Å². The first-order valence-electron chi connectivity index (χ1n) is 16.5. The van der Waals surface area contributed by atoms with E-state index >= 15 is 0 Å².